The fourth-order valence-electron chi connectivity index (χ4n) is 4.62. The van der Waals surface area contributed by atoms with Crippen molar-refractivity contribution in [1.82, 2.24) is 10.2 Å². The second kappa shape index (κ2) is 8.76. The molecule has 1 aliphatic heterocycles. The Kier molecular flexibility index (Phi) is 5.90. The van der Waals surface area contributed by atoms with E-state index in [0.29, 0.717) is 31.5 Å². The number of rotatable bonds is 5. The van der Waals surface area contributed by atoms with Crippen LogP contribution < -0.4 is 5.32 Å². The van der Waals surface area contributed by atoms with Crippen LogP contribution in [0.25, 0.3) is 11.1 Å². The highest BCUT2D eigenvalue weighted by Gasteiger charge is 2.46. The van der Waals surface area contributed by atoms with Gasteiger partial charge in [0.15, 0.2) is 0 Å². The maximum absolute atomic E-state index is 13.1. The second-order valence-corrected chi connectivity index (χ2v) is 8.41. The Morgan fingerprint density at radius 3 is 2.45 bits per heavy atom. The van der Waals surface area contributed by atoms with Crippen LogP contribution in [-0.2, 0) is 11.2 Å². The van der Waals surface area contributed by atoms with E-state index in [0.717, 1.165) is 16.7 Å². The number of benzene rings is 3. The number of nitrogens with one attached hydrogen (secondary N) is 1. The zero-order valence-electron chi connectivity index (χ0n) is 18.1. The Hall–Kier alpha value is -3.40. The lowest BCUT2D eigenvalue weighted by atomic mass is 9.78. The lowest BCUT2D eigenvalue weighted by molar-refractivity contribution is -0.129. The second-order valence-electron chi connectivity index (χ2n) is 8.41. The summed E-state index contributed by atoms with van der Waals surface area (Å²) >= 11 is 0. The average molecular weight is 413 g/mol. The summed E-state index contributed by atoms with van der Waals surface area (Å²) in [6.45, 7) is 3.08. The number of amides is 2. The fraction of sp³-hybridized carbons (Fsp3) is 0.259. The van der Waals surface area contributed by atoms with Gasteiger partial charge in [0.05, 0.1) is 5.41 Å². The third kappa shape index (κ3) is 4.24. The van der Waals surface area contributed by atoms with E-state index >= 15 is 0 Å². The number of carbonyl (C=O) groups is 2. The third-order valence-electron chi connectivity index (χ3n) is 6.25. The predicted molar refractivity (Wildman–Crippen MR) is 124 cm³/mol. The molecule has 2 amide bonds. The molecule has 0 aliphatic carbocycles. The first-order valence-electron chi connectivity index (χ1n) is 10.7. The minimum Gasteiger partial charge on any atom is -0.359 e. The summed E-state index contributed by atoms with van der Waals surface area (Å²) < 4.78 is 0. The van der Waals surface area contributed by atoms with Crippen molar-refractivity contribution in [2.24, 2.45) is 5.41 Å². The molecule has 3 aromatic rings. The maximum Gasteiger partial charge on any atom is 0.253 e. The molecule has 1 aliphatic rings. The third-order valence-corrected chi connectivity index (χ3v) is 6.25. The number of aryl methyl sites for hydroxylation is 1. The van der Waals surface area contributed by atoms with Crippen molar-refractivity contribution < 1.29 is 9.59 Å². The van der Waals surface area contributed by atoms with Crippen LogP contribution in [0.3, 0.4) is 0 Å². The van der Waals surface area contributed by atoms with Gasteiger partial charge in [0.1, 0.15) is 0 Å². The molecule has 3 aromatic carbocycles. The minimum absolute atomic E-state index is 0.00472. The van der Waals surface area contributed by atoms with Gasteiger partial charge >= 0.3 is 0 Å². The van der Waals surface area contributed by atoms with Crippen molar-refractivity contribution in [1.29, 1.82) is 0 Å². The number of hydrogen-bond donors (Lipinski definition) is 1. The molecule has 1 atom stereocenters. The molecule has 1 N–H and O–H groups in total. The van der Waals surface area contributed by atoms with Gasteiger partial charge in [-0.3, -0.25) is 9.59 Å². The van der Waals surface area contributed by atoms with Gasteiger partial charge in [-0.2, -0.15) is 0 Å². The van der Waals surface area contributed by atoms with Crippen molar-refractivity contribution in [3.63, 3.8) is 0 Å². The van der Waals surface area contributed by atoms with Gasteiger partial charge in [0.25, 0.3) is 5.91 Å². The summed E-state index contributed by atoms with van der Waals surface area (Å²) in [5.74, 6) is -0.0201. The Labute approximate surface area is 183 Å². The molecule has 0 radical (unpaired) electrons. The van der Waals surface area contributed by atoms with Gasteiger partial charge in [-0.25, -0.2) is 0 Å². The molecule has 0 aromatic heterocycles. The molecule has 0 bridgehead atoms. The van der Waals surface area contributed by atoms with Crippen molar-refractivity contribution in [3.8, 4) is 11.1 Å². The molecule has 1 saturated heterocycles. The van der Waals surface area contributed by atoms with Crippen molar-refractivity contribution >= 4 is 11.8 Å². The monoisotopic (exact) mass is 412 g/mol. The van der Waals surface area contributed by atoms with Crippen LogP contribution in [0.4, 0.5) is 0 Å². The minimum atomic E-state index is -0.640. The van der Waals surface area contributed by atoms with E-state index in [1.54, 1.807) is 7.05 Å². The zero-order valence-corrected chi connectivity index (χ0v) is 18.1. The lowest BCUT2D eigenvalue weighted by Crippen LogP contribution is -2.44. The molecule has 4 rings (SSSR count). The highest BCUT2D eigenvalue weighted by Crippen LogP contribution is 2.38. The van der Waals surface area contributed by atoms with Crippen LogP contribution in [0.2, 0.25) is 0 Å². The van der Waals surface area contributed by atoms with Gasteiger partial charge in [-0.05, 0) is 48.6 Å². The van der Waals surface area contributed by atoms with Gasteiger partial charge in [-0.15, -0.1) is 0 Å². The van der Waals surface area contributed by atoms with Crippen LogP contribution in [-0.4, -0.2) is 36.9 Å². The molecular formula is C27H28N2O2. The highest BCUT2D eigenvalue weighted by atomic mass is 16.2. The van der Waals surface area contributed by atoms with E-state index in [1.807, 2.05) is 47.4 Å². The zero-order chi connectivity index (χ0) is 21.8. The molecule has 0 unspecified atom stereocenters. The summed E-state index contributed by atoms with van der Waals surface area (Å²) in [4.78, 5) is 27.9. The SMILES string of the molecule is CNC(=O)[C@@]1(Cc2ccccc2-c2cccc(C)c2)CCN(C(=O)c2ccccc2)C1. The van der Waals surface area contributed by atoms with E-state index in [1.165, 1.54) is 5.56 Å². The van der Waals surface area contributed by atoms with E-state index in [4.69, 9.17) is 0 Å². The van der Waals surface area contributed by atoms with Crippen LogP contribution in [0.5, 0.6) is 0 Å². The van der Waals surface area contributed by atoms with Crippen LogP contribution in [0, 0.1) is 12.3 Å². The summed E-state index contributed by atoms with van der Waals surface area (Å²) in [6.07, 6.45) is 1.24. The molecule has 0 saturated carbocycles. The maximum atomic E-state index is 13.1. The van der Waals surface area contributed by atoms with Crippen LogP contribution in [0.1, 0.15) is 27.9 Å². The van der Waals surface area contributed by atoms with Crippen LogP contribution in [0.15, 0.2) is 78.9 Å². The first-order valence-corrected chi connectivity index (χ1v) is 10.7. The molecule has 1 heterocycles. The first-order chi connectivity index (χ1) is 15.0. The highest BCUT2D eigenvalue weighted by molar-refractivity contribution is 5.95. The molecule has 1 fully saturated rings. The Morgan fingerprint density at radius 1 is 0.968 bits per heavy atom. The molecule has 4 nitrogen and oxygen atoms in total. The summed E-state index contributed by atoms with van der Waals surface area (Å²) in [5, 5.41) is 2.86. The number of likely N-dealkylation sites (tertiary alicyclic amines) is 1. The van der Waals surface area contributed by atoms with Gasteiger partial charge in [0.2, 0.25) is 5.91 Å². The van der Waals surface area contributed by atoms with Gasteiger partial charge in [0, 0.05) is 25.7 Å². The topological polar surface area (TPSA) is 49.4 Å². The Bertz CT molecular complexity index is 1090. The Morgan fingerprint density at radius 2 is 1.71 bits per heavy atom. The average Bonchev–Trinajstić information content (AvgIpc) is 3.24. The summed E-state index contributed by atoms with van der Waals surface area (Å²) in [7, 11) is 1.68. The summed E-state index contributed by atoms with van der Waals surface area (Å²) in [6, 6.07) is 26.0. The Balaban J connectivity index is 1.65. The van der Waals surface area contributed by atoms with Crippen LogP contribution >= 0.6 is 0 Å². The first kappa shape index (κ1) is 20.9. The standard InChI is InChI=1S/C27H28N2O2/c1-20-9-8-13-22(17-20)24-14-7-6-12-23(24)18-27(26(31)28-2)15-16-29(19-27)25(30)21-10-4-3-5-11-21/h3-14,17H,15-16,18-19H2,1-2H3,(H,28,31)/t27-/m1/s1. The van der Waals surface area contributed by atoms with Gasteiger partial charge < -0.3 is 10.2 Å². The molecule has 31 heavy (non-hydrogen) atoms. The lowest BCUT2D eigenvalue weighted by Gasteiger charge is -2.28. The van der Waals surface area contributed by atoms with E-state index in [2.05, 4.69) is 48.6 Å². The molecule has 4 heteroatoms. The van der Waals surface area contributed by atoms with E-state index < -0.39 is 5.41 Å². The van der Waals surface area contributed by atoms with Crippen molar-refractivity contribution in [2.45, 2.75) is 19.8 Å². The largest absolute Gasteiger partial charge is 0.359 e. The van der Waals surface area contributed by atoms with Crippen molar-refractivity contribution in [2.75, 3.05) is 20.1 Å². The predicted octanol–water partition coefficient (Wildman–Crippen LogP) is 4.48. The van der Waals surface area contributed by atoms with Gasteiger partial charge in [-0.1, -0.05) is 72.3 Å². The molecule has 0 spiro atoms. The summed E-state index contributed by atoms with van der Waals surface area (Å²) in [5.41, 5.74) is 4.65. The number of nitrogens with zero attached hydrogens (tertiary/aromatic N) is 1. The number of hydrogen-bond acceptors (Lipinski definition) is 2. The number of carbonyl (C=O) groups excluding carboxylic acids is 2. The quantitative estimate of drug-likeness (QED) is 0.672. The van der Waals surface area contributed by atoms with Crippen molar-refractivity contribution in [3.05, 3.63) is 95.6 Å². The molecule has 158 valence electrons. The van der Waals surface area contributed by atoms with E-state index in [-0.39, 0.29) is 11.8 Å². The van der Waals surface area contributed by atoms with E-state index in [9.17, 15) is 9.59 Å². The molecular weight excluding hydrogens is 384 g/mol. The normalized spacial score (nSPS) is 18.1. The fourth-order valence-corrected chi connectivity index (χ4v) is 4.62. The smallest absolute Gasteiger partial charge is 0.253 e.